The van der Waals surface area contributed by atoms with Crippen molar-refractivity contribution in [1.29, 1.82) is 0 Å². The van der Waals surface area contributed by atoms with Crippen LogP contribution in [0.1, 0.15) is 11.1 Å². The minimum atomic E-state index is -0.190. The van der Waals surface area contributed by atoms with Crippen LogP contribution in [0.2, 0.25) is 0 Å². The van der Waals surface area contributed by atoms with Gasteiger partial charge < -0.3 is 4.42 Å². The summed E-state index contributed by atoms with van der Waals surface area (Å²) in [4.78, 5) is 18.3. The quantitative estimate of drug-likeness (QED) is 0.462. The lowest BCUT2D eigenvalue weighted by Gasteiger charge is -2.12. The van der Waals surface area contributed by atoms with Crippen LogP contribution in [0.4, 0.5) is 0 Å². The summed E-state index contributed by atoms with van der Waals surface area (Å²) in [5, 5.41) is 4.92. The number of hydrogen-bond acceptors (Lipinski definition) is 4. The average Bonchev–Trinajstić information content (AvgIpc) is 3.39. The summed E-state index contributed by atoms with van der Waals surface area (Å²) in [6.07, 6.45) is 3.15. The summed E-state index contributed by atoms with van der Waals surface area (Å²) in [5.41, 5.74) is 4.08. The van der Waals surface area contributed by atoms with E-state index in [9.17, 15) is 4.79 Å². The molecule has 3 heterocycles. The van der Waals surface area contributed by atoms with Gasteiger partial charge in [0, 0.05) is 0 Å². The molecule has 0 saturated carbocycles. The highest BCUT2D eigenvalue weighted by Gasteiger charge is 2.20. The Balaban J connectivity index is 1.86. The van der Waals surface area contributed by atoms with Gasteiger partial charge in [-0.25, -0.2) is 9.67 Å². The molecule has 0 unspecified atom stereocenters. The predicted molar refractivity (Wildman–Crippen MR) is 112 cm³/mol. The Hall–Kier alpha value is -3.93. The highest BCUT2D eigenvalue weighted by molar-refractivity contribution is 5.78. The third-order valence-electron chi connectivity index (χ3n) is 4.98. The summed E-state index contributed by atoms with van der Waals surface area (Å²) in [6.45, 7) is 4.01. The van der Waals surface area contributed by atoms with E-state index in [0.717, 1.165) is 22.5 Å². The van der Waals surface area contributed by atoms with Crippen LogP contribution in [0.15, 0.2) is 82.3 Å². The molecule has 29 heavy (non-hydrogen) atoms. The van der Waals surface area contributed by atoms with Crippen LogP contribution in [0, 0.1) is 13.8 Å². The van der Waals surface area contributed by atoms with Crippen molar-refractivity contribution in [2.45, 2.75) is 13.8 Å². The number of rotatable bonds is 3. The van der Waals surface area contributed by atoms with Crippen molar-refractivity contribution in [2.24, 2.45) is 0 Å². The van der Waals surface area contributed by atoms with Gasteiger partial charge in [0.25, 0.3) is 5.56 Å². The molecule has 0 radical (unpaired) electrons. The molecular weight excluding hydrogens is 364 g/mol. The number of aryl methyl sites for hydroxylation is 2. The minimum Gasteiger partial charge on any atom is -0.461 e. The van der Waals surface area contributed by atoms with E-state index in [2.05, 4.69) is 5.10 Å². The highest BCUT2D eigenvalue weighted by Crippen LogP contribution is 2.24. The van der Waals surface area contributed by atoms with Gasteiger partial charge in [0.05, 0.1) is 23.8 Å². The lowest BCUT2D eigenvalue weighted by atomic mass is 10.2. The van der Waals surface area contributed by atoms with E-state index in [-0.39, 0.29) is 5.56 Å². The molecule has 0 aliphatic carbocycles. The maximum absolute atomic E-state index is 13.5. The third kappa shape index (κ3) is 2.77. The average molecular weight is 382 g/mol. The Kier molecular flexibility index (Phi) is 3.91. The summed E-state index contributed by atoms with van der Waals surface area (Å²) >= 11 is 0. The molecule has 2 aromatic carbocycles. The van der Waals surface area contributed by atoms with Gasteiger partial charge in [-0.3, -0.25) is 9.36 Å². The predicted octanol–water partition coefficient (Wildman–Crippen LogP) is 4.45. The molecule has 5 aromatic rings. The number of para-hydroxylation sites is 1. The fourth-order valence-electron chi connectivity index (χ4n) is 3.45. The topological polar surface area (TPSA) is 65.8 Å². The van der Waals surface area contributed by atoms with Crippen LogP contribution in [0.3, 0.4) is 0 Å². The van der Waals surface area contributed by atoms with E-state index in [1.54, 1.807) is 33.8 Å². The van der Waals surface area contributed by atoms with Crippen LogP contribution < -0.4 is 5.56 Å². The van der Waals surface area contributed by atoms with Gasteiger partial charge in [0.2, 0.25) is 0 Å². The standard InChI is InChI=1S/C23H18N4O2/c1-15-9-11-17(12-10-15)26-22(20-8-5-13-29-20)25-21-18(23(26)28)14-24-27(21)19-7-4-3-6-16(19)2/h3-14H,1-2H3. The molecule has 142 valence electrons. The Morgan fingerprint density at radius 1 is 0.931 bits per heavy atom. The second-order valence-electron chi connectivity index (χ2n) is 6.97. The molecule has 0 amide bonds. The van der Waals surface area contributed by atoms with Crippen LogP contribution in [-0.4, -0.2) is 19.3 Å². The molecule has 0 aliphatic heterocycles. The fraction of sp³-hybridized carbons (Fsp3) is 0.0870. The van der Waals surface area contributed by atoms with E-state index < -0.39 is 0 Å². The largest absolute Gasteiger partial charge is 0.461 e. The van der Waals surface area contributed by atoms with Gasteiger partial charge in [-0.05, 0) is 49.7 Å². The van der Waals surface area contributed by atoms with E-state index in [1.165, 1.54) is 0 Å². The summed E-state index contributed by atoms with van der Waals surface area (Å²) in [6, 6.07) is 19.2. The maximum Gasteiger partial charge on any atom is 0.269 e. The molecule has 0 saturated heterocycles. The minimum absolute atomic E-state index is 0.190. The highest BCUT2D eigenvalue weighted by atomic mass is 16.3. The molecule has 0 fully saturated rings. The van der Waals surface area contributed by atoms with Gasteiger partial charge in [0.15, 0.2) is 17.2 Å². The van der Waals surface area contributed by atoms with E-state index in [4.69, 9.17) is 9.40 Å². The van der Waals surface area contributed by atoms with Crippen molar-refractivity contribution >= 4 is 11.0 Å². The second-order valence-corrected chi connectivity index (χ2v) is 6.97. The lowest BCUT2D eigenvalue weighted by Crippen LogP contribution is -2.22. The zero-order chi connectivity index (χ0) is 20.0. The van der Waals surface area contributed by atoms with Crippen LogP contribution in [0.25, 0.3) is 34.0 Å². The number of aromatic nitrogens is 4. The van der Waals surface area contributed by atoms with Crippen molar-refractivity contribution in [1.82, 2.24) is 19.3 Å². The van der Waals surface area contributed by atoms with Crippen molar-refractivity contribution in [3.05, 3.63) is 94.6 Å². The number of nitrogens with zero attached hydrogens (tertiary/aromatic N) is 4. The normalized spacial score (nSPS) is 11.2. The molecule has 3 aromatic heterocycles. The zero-order valence-electron chi connectivity index (χ0n) is 16.0. The third-order valence-corrected chi connectivity index (χ3v) is 4.98. The van der Waals surface area contributed by atoms with Crippen LogP contribution in [0.5, 0.6) is 0 Å². The molecule has 5 rings (SSSR count). The molecule has 0 N–H and O–H groups in total. The molecule has 6 nitrogen and oxygen atoms in total. The first-order chi connectivity index (χ1) is 14.1. The first-order valence-electron chi connectivity index (χ1n) is 9.31. The van der Waals surface area contributed by atoms with E-state index in [0.29, 0.717) is 22.6 Å². The first kappa shape index (κ1) is 17.2. The van der Waals surface area contributed by atoms with Gasteiger partial charge in [-0.2, -0.15) is 5.10 Å². The first-order valence-corrected chi connectivity index (χ1v) is 9.31. The Labute approximate surface area is 166 Å². The van der Waals surface area contributed by atoms with Gasteiger partial charge >= 0.3 is 0 Å². The molecule has 0 atom stereocenters. The van der Waals surface area contributed by atoms with Crippen molar-refractivity contribution < 1.29 is 4.42 Å². The summed E-state index contributed by atoms with van der Waals surface area (Å²) in [7, 11) is 0. The van der Waals surface area contributed by atoms with Gasteiger partial charge in [-0.1, -0.05) is 35.9 Å². The number of benzene rings is 2. The monoisotopic (exact) mass is 382 g/mol. The smallest absolute Gasteiger partial charge is 0.269 e. The van der Waals surface area contributed by atoms with Crippen molar-refractivity contribution in [3.63, 3.8) is 0 Å². The summed E-state index contributed by atoms with van der Waals surface area (Å²) in [5.74, 6) is 0.953. The second kappa shape index (κ2) is 6.60. The molecule has 0 bridgehead atoms. The van der Waals surface area contributed by atoms with E-state index in [1.807, 2.05) is 62.4 Å². The van der Waals surface area contributed by atoms with Crippen LogP contribution in [-0.2, 0) is 0 Å². The Morgan fingerprint density at radius 3 is 2.45 bits per heavy atom. The van der Waals surface area contributed by atoms with E-state index >= 15 is 0 Å². The number of fused-ring (bicyclic) bond motifs is 1. The molecule has 0 spiro atoms. The fourth-order valence-corrected chi connectivity index (χ4v) is 3.45. The maximum atomic E-state index is 13.5. The van der Waals surface area contributed by atoms with Gasteiger partial charge in [0.1, 0.15) is 5.39 Å². The van der Waals surface area contributed by atoms with Crippen molar-refractivity contribution in [2.75, 3.05) is 0 Å². The number of hydrogen-bond donors (Lipinski definition) is 0. The molecular formula is C23H18N4O2. The SMILES string of the molecule is Cc1ccc(-n2c(-c3ccco3)nc3c(cnn3-c3ccccc3C)c2=O)cc1. The van der Waals surface area contributed by atoms with Gasteiger partial charge in [-0.15, -0.1) is 0 Å². The zero-order valence-corrected chi connectivity index (χ0v) is 16.0. The molecule has 0 aliphatic rings. The van der Waals surface area contributed by atoms with Crippen molar-refractivity contribution in [3.8, 4) is 23.0 Å². The number of furan rings is 1. The molecule has 6 heteroatoms. The Morgan fingerprint density at radius 2 is 1.72 bits per heavy atom. The lowest BCUT2D eigenvalue weighted by molar-refractivity contribution is 0.574. The van der Waals surface area contributed by atoms with Crippen LogP contribution >= 0.6 is 0 Å². The summed E-state index contributed by atoms with van der Waals surface area (Å²) < 4.78 is 8.88. The Bertz CT molecular complexity index is 1380.